The van der Waals surface area contributed by atoms with E-state index in [-0.39, 0.29) is 10.8 Å². The van der Waals surface area contributed by atoms with Crippen LogP contribution in [0, 0.1) is 6.92 Å². The van der Waals surface area contributed by atoms with Crippen LogP contribution < -0.4 is 0 Å². The predicted octanol–water partition coefficient (Wildman–Crippen LogP) is 13.3. The Kier molecular flexibility index (Phi) is 7.44. The number of rotatable bonds is 4. The zero-order chi connectivity index (χ0) is 40.4. The average Bonchev–Trinajstić information content (AvgIpc) is 3.98. The van der Waals surface area contributed by atoms with Gasteiger partial charge in [0.15, 0.2) is 5.82 Å². The molecule has 0 bridgehead atoms. The number of benzene rings is 6. The van der Waals surface area contributed by atoms with Gasteiger partial charge in [-0.15, -0.1) is 0 Å². The highest BCUT2D eigenvalue weighted by atomic mass is 15.2. The molecule has 0 unspecified atom stereocenters. The van der Waals surface area contributed by atoms with E-state index >= 15 is 0 Å². The van der Waals surface area contributed by atoms with E-state index in [1.165, 1.54) is 66.1 Å². The van der Waals surface area contributed by atoms with Gasteiger partial charge in [0, 0.05) is 39.5 Å². The third-order valence-corrected chi connectivity index (χ3v) is 12.9. The average molecular weight is 766 g/mol. The van der Waals surface area contributed by atoms with E-state index < -0.39 is 5.41 Å². The molecule has 4 heterocycles. The van der Waals surface area contributed by atoms with Gasteiger partial charge in [-0.05, 0) is 98.7 Å². The number of para-hydroxylation sites is 2. The lowest BCUT2D eigenvalue weighted by atomic mass is 9.67. The first kappa shape index (κ1) is 35.4. The van der Waals surface area contributed by atoms with Gasteiger partial charge < -0.3 is 0 Å². The summed E-state index contributed by atoms with van der Waals surface area (Å²) in [5.74, 6) is 1.79. The summed E-state index contributed by atoms with van der Waals surface area (Å²) in [6.07, 6.45) is 1.89. The molecule has 1 N–H and O–H groups in total. The first-order valence-electron chi connectivity index (χ1n) is 20.7. The topological polar surface area (TPSA) is 51.4 Å². The van der Waals surface area contributed by atoms with Crippen molar-refractivity contribution in [3.8, 4) is 22.8 Å². The number of nitrogens with one attached hydrogen (secondary N) is 1. The van der Waals surface area contributed by atoms with Crippen molar-refractivity contribution in [2.24, 2.45) is 0 Å². The van der Waals surface area contributed by atoms with Crippen LogP contribution in [0.4, 0.5) is 0 Å². The van der Waals surface area contributed by atoms with Crippen molar-refractivity contribution in [2.75, 3.05) is 0 Å². The maximum Gasteiger partial charge on any atom is 0.159 e. The van der Waals surface area contributed by atoms with Crippen LogP contribution >= 0.6 is 0 Å². The van der Waals surface area contributed by atoms with Crippen molar-refractivity contribution in [3.63, 3.8) is 0 Å². The summed E-state index contributed by atoms with van der Waals surface area (Å²) >= 11 is 0. The SMILES string of the molecule is Cc1cc(-n2c3ccccc3c3ccc(C4(c5ccc6c7ccccc7n(-c7ccccn7)c6c5)c5ccc(C(C)(C)C)cc5-c5cc(C(C)(C)C)ccc54)cc32)n[nH]1. The van der Waals surface area contributed by atoms with Gasteiger partial charge in [-0.25, -0.2) is 4.98 Å². The molecule has 10 aromatic rings. The van der Waals surface area contributed by atoms with E-state index in [1.54, 1.807) is 0 Å². The van der Waals surface area contributed by atoms with Crippen LogP contribution in [-0.4, -0.2) is 24.3 Å². The van der Waals surface area contributed by atoms with Crippen LogP contribution in [0.15, 0.2) is 152 Å². The largest absolute Gasteiger partial charge is 0.294 e. The molecule has 0 atom stereocenters. The molecule has 0 amide bonds. The fraction of sp³-hybridized carbons (Fsp3) is 0.185. The predicted molar refractivity (Wildman–Crippen MR) is 245 cm³/mol. The van der Waals surface area contributed by atoms with Crippen molar-refractivity contribution in [2.45, 2.75) is 64.7 Å². The zero-order valence-corrected chi connectivity index (χ0v) is 34.7. The Bertz CT molecular complexity index is 3240. The van der Waals surface area contributed by atoms with Crippen LogP contribution in [0.5, 0.6) is 0 Å². The number of aryl methyl sites for hydroxylation is 1. The Labute approximate surface area is 345 Å². The number of aromatic nitrogens is 5. The molecule has 0 saturated heterocycles. The van der Waals surface area contributed by atoms with E-state index in [4.69, 9.17) is 10.1 Å². The Morgan fingerprint density at radius 2 is 0.966 bits per heavy atom. The summed E-state index contributed by atoms with van der Waals surface area (Å²) in [6.45, 7) is 16.0. The number of nitrogens with zero attached hydrogens (tertiary/aromatic N) is 4. The van der Waals surface area contributed by atoms with Crippen LogP contribution in [0.3, 0.4) is 0 Å². The first-order chi connectivity index (χ1) is 28.4. The highest BCUT2D eigenvalue weighted by molar-refractivity contribution is 6.11. The van der Waals surface area contributed by atoms with Crippen molar-refractivity contribution >= 4 is 43.6 Å². The van der Waals surface area contributed by atoms with Gasteiger partial charge in [-0.2, -0.15) is 5.10 Å². The summed E-state index contributed by atoms with van der Waals surface area (Å²) in [5.41, 5.74) is 15.1. The monoisotopic (exact) mass is 765 g/mol. The van der Waals surface area contributed by atoms with Crippen LogP contribution in [0.25, 0.3) is 66.4 Å². The fourth-order valence-corrected chi connectivity index (χ4v) is 9.96. The fourth-order valence-electron chi connectivity index (χ4n) is 9.96. The molecule has 4 aromatic heterocycles. The van der Waals surface area contributed by atoms with Gasteiger partial charge in [0.2, 0.25) is 0 Å². The summed E-state index contributed by atoms with van der Waals surface area (Å²) in [5, 5.41) is 12.9. The van der Waals surface area contributed by atoms with Crippen molar-refractivity contribution in [3.05, 3.63) is 191 Å². The molecular formula is C54H47N5. The maximum atomic E-state index is 4.91. The molecule has 11 rings (SSSR count). The molecule has 0 spiro atoms. The Morgan fingerprint density at radius 3 is 1.44 bits per heavy atom. The molecule has 59 heavy (non-hydrogen) atoms. The second kappa shape index (κ2) is 12.4. The lowest BCUT2D eigenvalue weighted by Crippen LogP contribution is -2.29. The first-order valence-corrected chi connectivity index (χ1v) is 20.7. The number of aromatic amines is 1. The molecule has 288 valence electrons. The molecular weight excluding hydrogens is 719 g/mol. The van der Waals surface area contributed by atoms with Crippen LogP contribution in [0.1, 0.15) is 80.6 Å². The molecule has 6 aromatic carbocycles. The van der Waals surface area contributed by atoms with Gasteiger partial charge in [-0.1, -0.05) is 145 Å². The van der Waals surface area contributed by atoms with E-state index in [0.29, 0.717) is 0 Å². The third kappa shape index (κ3) is 5.10. The van der Waals surface area contributed by atoms with E-state index in [2.05, 4.69) is 202 Å². The normalized spacial score (nSPS) is 13.8. The number of hydrogen-bond acceptors (Lipinski definition) is 2. The number of hydrogen-bond donors (Lipinski definition) is 1. The molecule has 0 radical (unpaired) electrons. The lowest BCUT2D eigenvalue weighted by Gasteiger charge is -2.35. The van der Waals surface area contributed by atoms with Gasteiger partial charge in [0.25, 0.3) is 0 Å². The summed E-state index contributed by atoms with van der Waals surface area (Å²) < 4.78 is 4.67. The van der Waals surface area contributed by atoms with Crippen LogP contribution in [0.2, 0.25) is 0 Å². The molecule has 1 aliphatic carbocycles. The zero-order valence-electron chi connectivity index (χ0n) is 34.7. The summed E-state index contributed by atoms with van der Waals surface area (Å²) in [6, 6.07) is 54.7. The smallest absolute Gasteiger partial charge is 0.159 e. The minimum Gasteiger partial charge on any atom is -0.294 e. The Hall–Kier alpha value is -6.72. The standard InChI is InChI=1S/C54H47N5/c1-33-28-51(57-56-33)59-47-17-11-9-15-39(47)41-24-20-37(32-49(41)59)54(36-19-23-40-38-14-8-10-16-46(38)58(48(40)31-36)50-18-12-13-27-55-50)44-25-21-34(52(2,3)4)29-42(44)43-30-35(53(5,6)7)22-26-45(43)54/h8-32H,1-7H3,(H,56,57). The van der Waals surface area contributed by atoms with Crippen molar-refractivity contribution < 1.29 is 0 Å². The van der Waals surface area contributed by atoms with Crippen LogP contribution in [-0.2, 0) is 16.2 Å². The second-order valence-electron chi connectivity index (χ2n) is 18.5. The van der Waals surface area contributed by atoms with Crippen molar-refractivity contribution in [1.29, 1.82) is 0 Å². The lowest BCUT2D eigenvalue weighted by molar-refractivity contribution is 0.589. The van der Waals surface area contributed by atoms with E-state index in [0.717, 1.165) is 39.4 Å². The van der Waals surface area contributed by atoms with Gasteiger partial charge in [0.1, 0.15) is 5.82 Å². The number of pyridine rings is 1. The van der Waals surface area contributed by atoms with Gasteiger partial charge in [-0.3, -0.25) is 14.2 Å². The number of fused-ring (bicyclic) bond motifs is 9. The molecule has 0 saturated carbocycles. The summed E-state index contributed by atoms with van der Waals surface area (Å²) in [7, 11) is 0. The summed E-state index contributed by atoms with van der Waals surface area (Å²) in [4.78, 5) is 4.91. The van der Waals surface area contributed by atoms with E-state index in [9.17, 15) is 0 Å². The van der Waals surface area contributed by atoms with Crippen molar-refractivity contribution in [1.82, 2.24) is 24.3 Å². The maximum absolute atomic E-state index is 4.91. The molecule has 0 fully saturated rings. The minimum absolute atomic E-state index is 0.0217. The molecule has 5 nitrogen and oxygen atoms in total. The molecule has 0 aliphatic heterocycles. The Morgan fingerprint density at radius 1 is 0.475 bits per heavy atom. The molecule has 5 heteroatoms. The highest BCUT2D eigenvalue weighted by Crippen LogP contribution is 2.58. The number of H-pyrrole nitrogens is 1. The van der Waals surface area contributed by atoms with Gasteiger partial charge >= 0.3 is 0 Å². The Balaban J connectivity index is 1.31. The molecule has 1 aliphatic rings. The third-order valence-electron chi connectivity index (χ3n) is 12.9. The minimum atomic E-state index is -0.659. The highest BCUT2D eigenvalue weighted by Gasteiger charge is 2.47. The second-order valence-corrected chi connectivity index (χ2v) is 18.5. The quantitative estimate of drug-likeness (QED) is 0.194. The van der Waals surface area contributed by atoms with E-state index in [1.807, 2.05) is 12.3 Å². The van der Waals surface area contributed by atoms with Gasteiger partial charge in [0.05, 0.1) is 27.5 Å².